The van der Waals surface area contributed by atoms with Crippen LogP contribution in [0.1, 0.15) is 16.1 Å². The van der Waals surface area contributed by atoms with E-state index in [0.717, 1.165) is 0 Å². The van der Waals surface area contributed by atoms with Crippen LogP contribution in [0.2, 0.25) is 0 Å². The first-order chi connectivity index (χ1) is 8.00. The lowest BCUT2D eigenvalue weighted by Gasteiger charge is -2.05. The van der Waals surface area contributed by atoms with Gasteiger partial charge in [-0.1, -0.05) is 0 Å². The van der Waals surface area contributed by atoms with Crippen molar-refractivity contribution in [2.24, 2.45) is 5.73 Å². The average molecular weight is 238 g/mol. The molecule has 1 aromatic heterocycles. The molecule has 1 heterocycles. The number of aromatic amines is 1. The Hall–Kier alpha value is -2.31. The molecule has 5 N–H and O–H groups in total. The van der Waals surface area contributed by atoms with Crippen LogP contribution in [-0.2, 0) is 0 Å². The van der Waals surface area contributed by atoms with E-state index >= 15 is 0 Å². The highest BCUT2D eigenvalue weighted by Crippen LogP contribution is 1.91. The maximum atomic E-state index is 11.5. The van der Waals surface area contributed by atoms with Crippen LogP contribution < -0.4 is 21.8 Å². The Bertz CT molecular complexity index is 481. The Morgan fingerprint density at radius 2 is 2.00 bits per heavy atom. The molecule has 3 amide bonds. The number of aryl methyl sites for hydroxylation is 1. The lowest BCUT2D eigenvalue weighted by atomic mass is 10.2. The lowest BCUT2D eigenvalue weighted by Crippen LogP contribution is -2.38. The Balaban J connectivity index is 2.53. The van der Waals surface area contributed by atoms with Crippen LogP contribution in [0.5, 0.6) is 0 Å². The number of hydrogen-bond acceptors (Lipinski definition) is 3. The Morgan fingerprint density at radius 3 is 2.59 bits per heavy atom. The largest absolute Gasteiger partial charge is 0.364 e. The summed E-state index contributed by atoms with van der Waals surface area (Å²) in [5.74, 6) is -0.488. The van der Waals surface area contributed by atoms with E-state index in [-0.39, 0.29) is 24.1 Å². The number of nitrogens with two attached hydrogens (primary N) is 1. The molecule has 0 spiro atoms. The first-order valence-corrected chi connectivity index (χ1v) is 5.01. The number of primary amides is 1. The van der Waals surface area contributed by atoms with E-state index in [1.807, 2.05) is 0 Å². The zero-order valence-electron chi connectivity index (χ0n) is 9.37. The molecule has 0 aliphatic heterocycles. The van der Waals surface area contributed by atoms with Gasteiger partial charge in [0.1, 0.15) is 5.56 Å². The van der Waals surface area contributed by atoms with Crippen LogP contribution in [-0.4, -0.2) is 30.0 Å². The smallest absolute Gasteiger partial charge is 0.312 e. The molecule has 0 fully saturated rings. The third kappa shape index (κ3) is 3.98. The first-order valence-electron chi connectivity index (χ1n) is 5.01. The molecule has 0 aliphatic rings. The van der Waals surface area contributed by atoms with Crippen LogP contribution in [0.3, 0.4) is 0 Å². The summed E-state index contributed by atoms with van der Waals surface area (Å²) >= 11 is 0. The van der Waals surface area contributed by atoms with Crippen molar-refractivity contribution in [1.29, 1.82) is 0 Å². The van der Waals surface area contributed by atoms with Crippen molar-refractivity contribution in [3.63, 3.8) is 0 Å². The Kier molecular flexibility index (Phi) is 4.27. The molecular weight excluding hydrogens is 224 g/mol. The molecule has 7 nitrogen and oxygen atoms in total. The summed E-state index contributed by atoms with van der Waals surface area (Å²) in [5, 5.41) is 4.80. The molecule has 0 saturated heterocycles. The zero-order chi connectivity index (χ0) is 12.8. The van der Waals surface area contributed by atoms with Gasteiger partial charge >= 0.3 is 6.03 Å². The fourth-order valence-corrected chi connectivity index (χ4v) is 1.21. The molecule has 1 aromatic rings. The van der Waals surface area contributed by atoms with Crippen LogP contribution in [0.4, 0.5) is 4.79 Å². The highest BCUT2D eigenvalue weighted by Gasteiger charge is 2.09. The second-order valence-electron chi connectivity index (χ2n) is 3.44. The molecule has 0 atom stereocenters. The van der Waals surface area contributed by atoms with E-state index in [4.69, 9.17) is 5.73 Å². The zero-order valence-corrected chi connectivity index (χ0v) is 9.37. The van der Waals surface area contributed by atoms with Crippen molar-refractivity contribution < 1.29 is 9.59 Å². The van der Waals surface area contributed by atoms with Crippen molar-refractivity contribution in [3.05, 3.63) is 33.7 Å². The van der Waals surface area contributed by atoms with Gasteiger partial charge in [-0.3, -0.25) is 9.59 Å². The van der Waals surface area contributed by atoms with Crippen molar-refractivity contribution in [3.8, 4) is 0 Å². The molecule has 0 bridgehead atoms. The van der Waals surface area contributed by atoms with Crippen LogP contribution >= 0.6 is 0 Å². The minimum atomic E-state index is -0.660. The number of H-pyrrole nitrogens is 1. The minimum Gasteiger partial charge on any atom is -0.364 e. The van der Waals surface area contributed by atoms with E-state index < -0.39 is 11.9 Å². The van der Waals surface area contributed by atoms with Crippen molar-refractivity contribution in [2.75, 3.05) is 13.1 Å². The van der Waals surface area contributed by atoms with E-state index in [9.17, 15) is 14.4 Å². The molecule has 92 valence electrons. The third-order valence-electron chi connectivity index (χ3n) is 2.01. The number of aromatic nitrogens is 1. The predicted octanol–water partition coefficient (Wildman–Crippen LogP) is -0.919. The summed E-state index contributed by atoms with van der Waals surface area (Å²) in [5.41, 5.74) is 5.22. The Morgan fingerprint density at radius 1 is 1.35 bits per heavy atom. The summed E-state index contributed by atoms with van der Waals surface area (Å²) in [7, 11) is 0. The number of carbonyl (C=O) groups is 2. The van der Waals surface area contributed by atoms with Gasteiger partial charge in [0.2, 0.25) is 0 Å². The summed E-state index contributed by atoms with van der Waals surface area (Å²) in [6.07, 6.45) is 1.36. The number of nitrogens with one attached hydrogen (secondary N) is 3. The van der Waals surface area contributed by atoms with Gasteiger partial charge < -0.3 is 21.4 Å². The predicted molar refractivity (Wildman–Crippen MR) is 61.7 cm³/mol. The lowest BCUT2D eigenvalue weighted by molar-refractivity contribution is 0.0952. The van der Waals surface area contributed by atoms with Crippen LogP contribution in [0.15, 0.2) is 17.1 Å². The van der Waals surface area contributed by atoms with E-state index in [1.54, 1.807) is 6.92 Å². The molecule has 0 radical (unpaired) electrons. The summed E-state index contributed by atoms with van der Waals surface area (Å²) < 4.78 is 0. The molecule has 0 aliphatic carbocycles. The summed E-state index contributed by atoms with van der Waals surface area (Å²) in [6, 6.07) is 0.684. The number of carbonyl (C=O) groups excluding carboxylic acids is 2. The molecule has 7 heteroatoms. The molecular formula is C10H14N4O3. The second-order valence-corrected chi connectivity index (χ2v) is 3.44. The Labute approximate surface area is 97.4 Å². The minimum absolute atomic E-state index is 0.0367. The highest BCUT2D eigenvalue weighted by atomic mass is 16.2. The van der Waals surface area contributed by atoms with Gasteiger partial charge in [-0.25, -0.2) is 4.79 Å². The maximum Gasteiger partial charge on any atom is 0.312 e. The summed E-state index contributed by atoms with van der Waals surface area (Å²) in [4.78, 5) is 36.1. The van der Waals surface area contributed by atoms with Gasteiger partial charge in [0.25, 0.3) is 5.91 Å². The topological polar surface area (TPSA) is 117 Å². The summed E-state index contributed by atoms with van der Waals surface area (Å²) in [6.45, 7) is 2.14. The number of hydrogen-bond donors (Lipinski definition) is 4. The number of amides is 3. The van der Waals surface area contributed by atoms with Gasteiger partial charge in [-0.2, -0.15) is 0 Å². The van der Waals surface area contributed by atoms with Gasteiger partial charge in [-0.15, -0.1) is 0 Å². The maximum absolute atomic E-state index is 11.5. The number of rotatable bonds is 4. The van der Waals surface area contributed by atoms with Crippen LogP contribution in [0, 0.1) is 6.92 Å². The molecule has 17 heavy (non-hydrogen) atoms. The van der Waals surface area contributed by atoms with Gasteiger partial charge in [0.05, 0.1) is 0 Å². The molecule has 1 rings (SSSR count). The quantitative estimate of drug-likeness (QED) is 0.508. The normalized spacial score (nSPS) is 9.71. The standard InChI is InChI=1S/C10H14N4O3/c1-6-4-8(15)7(5-14-6)9(16)12-2-3-13-10(11)17/h4-5H,2-3H2,1H3,(H,12,16)(H,14,15)(H3,11,13,17). The average Bonchev–Trinajstić information content (AvgIpc) is 2.23. The van der Waals surface area contributed by atoms with Crippen molar-refractivity contribution >= 4 is 11.9 Å². The van der Waals surface area contributed by atoms with Gasteiger partial charge in [0, 0.05) is 31.0 Å². The van der Waals surface area contributed by atoms with Crippen LogP contribution in [0.25, 0.3) is 0 Å². The van der Waals surface area contributed by atoms with E-state index in [1.165, 1.54) is 12.3 Å². The SMILES string of the molecule is Cc1cc(=O)c(C(=O)NCCNC(N)=O)c[nH]1. The van der Waals surface area contributed by atoms with E-state index in [0.29, 0.717) is 5.69 Å². The number of urea groups is 1. The fraction of sp³-hybridized carbons (Fsp3) is 0.300. The number of pyridine rings is 1. The monoisotopic (exact) mass is 238 g/mol. The van der Waals surface area contributed by atoms with Crippen molar-refractivity contribution in [1.82, 2.24) is 15.6 Å². The fourth-order valence-electron chi connectivity index (χ4n) is 1.21. The third-order valence-corrected chi connectivity index (χ3v) is 2.01. The van der Waals surface area contributed by atoms with Gasteiger partial charge in [-0.05, 0) is 6.92 Å². The van der Waals surface area contributed by atoms with E-state index in [2.05, 4.69) is 15.6 Å². The first kappa shape index (κ1) is 12.8. The molecule has 0 unspecified atom stereocenters. The second kappa shape index (κ2) is 5.69. The van der Waals surface area contributed by atoms with Crippen molar-refractivity contribution in [2.45, 2.75) is 6.92 Å². The molecule has 0 aromatic carbocycles. The van der Waals surface area contributed by atoms with Gasteiger partial charge in [0.15, 0.2) is 5.43 Å². The highest BCUT2D eigenvalue weighted by molar-refractivity contribution is 5.93. The molecule has 0 saturated carbocycles.